The van der Waals surface area contributed by atoms with E-state index in [2.05, 4.69) is 73.3 Å². The van der Waals surface area contributed by atoms with Crippen LogP contribution in [0.4, 0.5) is 29.2 Å². The molecule has 5 aromatic rings. The van der Waals surface area contributed by atoms with Gasteiger partial charge in [-0.25, -0.2) is 4.98 Å². The average molecular weight is 741 g/mol. The molecule has 208 valence electrons. The number of piperidine rings is 1. The van der Waals surface area contributed by atoms with Crippen molar-refractivity contribution in [3.63, 3.8) is 0 Å². The van der Waals surface area contributed by atoms with Gasteiger partial charge >= 0.3 is 0 Å². The van der Waals surface area contributed by atoms with Crippen molar-refractivity contribution in [2.75, 3.05) is 28.6 Å². The molecule has 1 fully saturated rings. The topological polar surface area (TPSA) is 101 Å². The first-order valence-electron chi connectivity index (χ1n) is 13.1. The van der Waals surface area contributed by atoms with E-state index in [1.807, 2.05) is 61.5 Å². The van der Waals surface area contributed by atoms with E-state index in [-0.39, 0.29) is 5.56 Å². The van der Waals surface area contributed by atoms with E-state index >= 15 is 0 Å². The predicted octanol–water partition coefficient (Wildman–Crippen LogP) is 7.64. The second-order valence-corrected chi connectivity index (χ2v) is 12.3. The summed E-state index contributed by atoms with van der Waals surface area (Å²) >= 11 is 10.5. The lowest BCUT2D eigenvalue weighted by atomic mass is 10.1. The Hall–Kier alpha value is -3.35. The Morgan fingerprint density at radius 1 is 0.732 bits per heavy atom. The van der Waals surface area contributed by atoms with E-state index in [4.69, 9.17) is 9.97 Å². The van der Waals surface area contributed by atoms with Gasteiger partial charge in [0.25, 0.3) is 5.56 Å². The molecular formula is C29H25Br3N8O. The number of rotatable bonds is 6. The van der Waals surface area contributed by atoms with E-state index in [1.54, 1.807) is 10.6 Å². The van der Waals surface area contributed by atoms with E-state index < -0.39 is 0 Å². The zero-order valence-corrected chi connectivity index (χ0v) is 26.8. The summed E-state index contributed by atoms with van der Waals surface area (Å²) in [6, 6.07) is 19.0. The molecule has 12 heteroatoms. The first-order chi connectivity index (χ1) is 19.8. The molecular weight excluding hydrogens is 716 g/mol. The van der Waals surface area contributed by atoms with Crippen LogP contribution < -0.4 is 21.1 Å². The lowest BCUT2D eigenvalue weighted by Crippen LogP contribution is -2.31. The number of nitrogens with one attached hydrogen (secondary N) is 2. The summed E-state index contributed by atoms with van der Waals surface area (Å²) in [5, 5.41) is 7.16. The van der Waals surface area contributed by atoms with Crippen molar-refractivity contribution in [2.24, 2.45) is 0 Å². The number of aromatic nitrogens is 5. The van der Waals surface area contributed by atoms with E-state index in [1.165, 1.54) is 6.42 Å². The molecule has 2 N–H and O–H groups in total. The van der Waals surface area contributed by atoms with Gasteiger partial charge in [-0.1, -0.05) is 15.9 Å². The summed E-state index contributed by atoms with van der Waals surface area (Å²) in [5.74, 6) is 2.14. The van der Waals surface area contributed by atoms with Gasteiger partial charge in [0.15, 0.2) is 0 Å². The molecule has 0 aliphatic carbocycles. The van der Waals surface area contributed by atoms with Crippen LogP contribution in [-0.4, -0.2) is 37.6 Å². The minimum Gasteiger partial charge on any atom is -0.341 e. The molecule has 0 amide bonds. The van der Waals surface area contributed by atoms with Crippen molar-refractivity contribution in [3.05, 3.63) is 90.3 Å². The molecule has 1 saturated heterocycles. The Morgan fingerprint density at radius 3 is 1.95 bits per heavy atom. The molecule has 0 saturated carbocycles. The van der Waals surface area contributed by atoms with Gasteiger partial charge in [-0.2, -0.15) is 15.0 Å². The van der Waals surface area contributed by atoms with Crippen molar-refractivity contribution in [1.29, 1.82) is 0 Å². The number of nitrogens with zero attached hydrogens (tertiary/aromatic N) is 6. The van der Waals surface area contributed by atoms with Crippen molar-refractivity contribution in [1.82, 2.24) is 24.5 Å². The Bertz CT molecular complexity index is 1790. The maximum absolute atomic E-state index is 13.4. The molecule has 9 nitrogen and oxygen atoms in total. The second kappa shape index (κ2) is 11.9. The zero-order chi connectivity index (χ0) is 28.5. The average Bonchev–Trinajstić information content (AvgIpc) is 2.97. The maximum Gasteiger partial charge on any atom is 0.266 e. The number of halogens is 3. The minimum atomic E-state index is -0.131. The highest BCUT2D eigenvalue weighted by molar-refractivity contribution is 9.13. The van der Waals surface area contributed by atoms with Crippen LogP contribution in [0, 0.1) is 6.92 Å². The minimum absolute atomic E-state index is 0.131. The van der Waals surface area contributed by atoms with Gasteiger partial charge < -0.3 is 15.5 Å². The Labute approximate surface area is 261 Å². The molecule has 0 spiro atoms. The third kappa shape index (κ3) is 6.14. The highest BCUT2D eigenvalue weighted by Gasteiger charge is 2.17. The fourth-order valence-electron chi connectivity index (χ4n) is 4.79. The van der Waals surface area contributed by atoms with Crippen LogP contribution in [-0.2, 0) is 0 Å². The van der Waals surface area contributed by atoms with E-state index in [0.717, 1.165) is 50.7 Å². The largest absolute Gasteiger partial charge is 0.341 e. The molecule has 6 rings (SSSR count). The molecule has 0 bridgehead atoms. The standard InChI is InChI=1S/C29H25Br3N8O/c1-17-33-25-16-24(32)23(31)15-22(25)26(41)40(17)21-11-9-20(10-12-21)35-28-36-27(34-19-7-5-18(30)6-8-19)37-29(38-28)39-13-3-2-4-14-39/h5-12,15-16H,2-4,13-14H2,1H3,(H2,34,35,36,37,38). The first-order valence-corrected chi connectivity index (χ1v) is 15.5. The quantitative estimate of drug-likeness (QED) is 0.183. The lowest BCUT2D eigenvalue weighted by Gasteiger charge is -2.27. The molecule has 0 unspecified atom stereocenters. The van der Waals surface area contributed by atoms with E-state index in [0.29, 0.717) is 40.3 Å². The summed E-state index contributed by atoms with van der Waals surface area (Å²) in [5.41, 5.74) is 2.89. The Morgan fingerprint density at radius 2 is 1.32 bits per heavy atom. The third-order valence-electron chi connectivity index (χ3n) is 6.82. The van der Waals surface area contributed by atoms with Crippen molar-refractivity contribution in [2.45, 2.75) is 26.2 Å². The summed E-state index contributed by atoms with van der Waals surface area (Å²) in [4.78, 5) is 34.4. The third-order valence-corrected chi connectivity index (χ3v) is 9.20. The highest BCUT2D eigenvalue weighted by Crippen LogP contribution is 2.28. The van der Waals surface area contributed by atoms with Crippen LogP contribution in [0.1, 0.15) is 25.1 Å². The van der Waals surface area contributed by atoms with Gasteiger partial charge in [0, 0.05) is 37.9 Å². The molecule has 0 radical (unpaired) electrons. The fourth-order valence-corrected chi connectivity index (χ4v) is 5.73. The van der Waals surface area contributed by atoms with Crippen molar-refractivity contribution < 1.29 is 0 Å². The summed E-state index contributed by atoms with van der Waals surface area (Å²) in [7, 11) is 0. The summed E-state index contributed by atoms with van der Waals surface area (Å²) < 4.78 is 4.26. The SMILES string of the molecule is Cc1nc2cc(Br)c(Br)cc2c(=O)n1-c1ccc(Nc2nc(Nc3ccc(Br)cc3)nc(N3CCCCC3)n2)cc1. The van der Waals surface area contributed by atoms with Gasteiger partial charge in [0.2, 0.25) is 17.8 Å². The van der Waals surface area contributed by atoms with Gasteiger partial charge in [0.1, 0.15) is 5.82 Å². The van der Waals surface area contributed by atoms with Crippen molar-refractivity contribution in [3.8, 4) is 5.69 Å². The number of fused-ring (bicyclic) bond motifs is 1. The fraction of sp³-hybridized carbons (Fsp3) is 0.207. The number of hydrogen-bond donors (Lipinski definition) is 2. The van der Waals surface area contributed by atoms with Crippen LogP contribution >= 0.6 is 47.8 Å². The molecule has 1 aliphatic heterocycles. The molecule has 2 aromatic heterocycles. The van der Waals surface area contributed by atoms with Crippen LogP contribution in [0.15, 0.2) is 78.9 Å². The summed E-state index contributed by atoms with van der Waals surface area (Å²) in [6.45, 7) is 3.66. The van der Waals surface area contributed by atoms with Gasteiger partial charge in [0.05, 0.1) is 16.6 Å². The molecule has 1 aliphatic rings. The van der Waals surface area contributed by atoms with Crippen molar-refractivity contribution >= 4 is 87.9 Å². The second-order valence-electron chi connectivity index (χ2n) is 9.72. The van der Waals surface area contributed by atoms with E-state index in [9.17, 15) is 4.79 Å². The Balaban J connectivity index is 1.30. The zero-order valence-electron chi connectivity index (χ0n) is 22.0. The monoisotopic (exact) mass is 738 g/mol. The predicted molar refractivity (Wildman–Crippen MR) is 174 cm³/mol. The molecule has 0 atom stereocenters. The number of aryl methyl sites for hydroxylation is 1. The van der Waals surface area contributed by atoms with Crippen LogP contribution in [0.25, 0.3) is 16.6 Å². The number of anilines is 5. The normalized spacial score (nSPS) is 13.4. The highest BCUT2D eigenvalue weighted by atomic mass is 79.9. The smallest absolute Gasteiger partial charge is 0.266 e. The van der Waals surface area contributed by atoms with Crippen LogP contribution in [0.3, 0.4) is 0 Å². The summed E-state index contributed by atoms with van der Waals surface area (Å²) in [6.07, 6.45) is 3.44. The Kier molecular flexibility index (Phi) is 8.05. The maximum atomic E-state index is 13.4. The first kappa shape index (κ1) is 27.8. The molecule has 3 aromatic carbocycles. The number of hydrogen-bond acceptors (Lipinski definition) is 8. The van der Waals surface area contributed by atoms with Crippen LogP contribution in [0.2, 0.25) is 0 Å². The van der Waals surface area contributed by atoms with Gasteiger partial charge in [-0.15, -0.1) is 0 Å². The number of benzene rings is 3. The van der Waals surface area contributed by atoms with Crippen LogP contribution in [0.5, 0.6) is 0 Å². The molecule has 3 heterocycles. The lowest BCUT2D eigenvalue weighted by molar-refractivity contribution is 0.568. The molecule has 41 heavy (non-hydrogen) atoms. The van der Waals surface area contributed by atoms with Gasteiger partial charge in [-0.3, -0.25) is 9.36 Å². The van der Waals surface area contributed by atoms with Gasteiger partial charge in [-0.05, 0) is 119 Å².